The summed E-state index contributed by atoms with van der Waals surface area (Å²) in [5.74, 6) is 1.55. The van der Waals surface area contributed by atoms with Crippen molar-refractivity contribution in [1.29, 1.82) is 0 Å². The number of hydrogen-bond acceptors (Lipinski definition) is 2. The average molecular weight is 218 g/mol. The Labute approximate surface area is 98.0 Å². The van der Waals surface area contributed by atoms with Crippen molar-refractivity contribution in [1.82, 2.24) is 0 Å². The lowest BCUT2D eigenvalue weighted by Crippen LogP contribution is -2.11. The molecule has 1 aliphatic carbocycles. The molecule has 16 heavy (non-hydrogen) atoms. The normalized spacial score (nSPS) is 25.6. The summed E-state index contributed by atoms with van der Waals surface area (Å²) < 4.78 is 0. The molecular formula is C14H22N2. The molecule has 2 rings (SSSR count). The summed E-state index contributed by atoms with van der Waals surface area (Å²) in [7, 11) is 0. The van der Waals surface area contributed by atoms with Crippen LogP contribution in [0.2, 0.25) is 0 Å². The van der Waals surface area contributed by atoms with Crippen molar-refractivity contribution < 1.29 is 0 Å². The summed E-state index contributed by atoms with van der Waals surface area (Å²) in [6.45, 7) is 4.32. The number of nitrogen functional groups attached to an aromatic ring is 2. The first-order valence-electron chi connectivity index (χ1n) is 6.23. The second kappa shape index (κ2) is 4.36. The van der Waals surface area contributed by atoms with Gasteiger partial charge in [0.15, 0.2) is 0 Å². The van der Waals surface area contributed by atoms with E-state index in [1.54, 1.807) is 0 Å². The Balaban J connectivity index is 2.21. The van der Waals surface area contributed by atoms with E-state index in [9.17, 15) is 0 Å². The molecule has 1 saturated carbocycles. The summed E-state index contributed by atoms with van der Waals surface area (Å²) in [5, 5.41) is 0. The number of benzene rings is 1. The van der Waals surface area contributed by atoms with E-state index >= 15 is 0 Å². The lowest BCUT2D eigenvalue weighted by molar-refractivity contribution is 0.348. The van der Waals surface area contributed by atoms with Crippen molar-refractivity contribution in [2.75, 3.05) is 11.5 Å². The van der Waals surface area contributed by atoms with Gasteiger partial charge in [-0.1, -0.05) is 19.8 Å². The first-order chi connectivity index (χ1) is 7.58. The van der Waals surface area contributed by atoms with Gasteiger partial charge in [0.2, 0.25) is 0 Å². The van der Waals surface area contributed by atoms with Crippen LogP contribution in [-0.4, -0.2) is 0 Å². The van der Waals surface area contributed by atoms with Crippen molar-refractivity contribution >= 4 is 11.4 Å². The highest BCUT2D eigenvalue weighted by atomic mass is 14.6. The summed E-state index contributed by atoms with van der Waals surface area (Å²) in [5.41, 5.74) is 16.0. The van der Waals surface area contributed by atoms with E-state index in [1.165, 1.54) is 31.2 Å². The Morgan fingerprint density at radius 3 is 2.00 bits per heavy atom. The van der Waals surface area contributed by atoms with Gasteiger partial charge in [0.05, 0.1) is 0 Å². The Morgan fingerprint density at radius 2 is 1.50 bits per heavy atom. The lowest BCUT2D eigenvalue weighted by Gasteiger charge is -2.27. The molecule has 0 saturated heterocycles. The van der Waals surface area contributed by atoms with Crippen LogP contribution in [0.1, 0.15) is 49.7 Å². The molecular weight excluding hydrogens is 196 g/mol. The largest absolute Gasteiger partial charge is 0.398 e. The van der Waals surface area contributed by atoms with Crippen molar-refractivity contribution in [3.8, 4) is 0 Å². The van der Waals surface area contributed by atoms with Crippen LogP contribution < -0.4 is 11.5 Å². The number of nitrogens with two attached hydrogens (primary N) is 2. The monoisotopic (exact) mass is 218 g/mol. The van der Waals surface area contributed by atoms with Gasteiger partial charge in [0.1, 0.15) is 0 Å². The van der Waals surface area contributed by atoms with Crippen LogP contribution in [0.25, 0.3) is 0 Å². The average Bonchev–Trinajstić information content (AvgIpc) is 2.26. The zero-order chi connectivity index (χ0) is 11.7. The van der Waals surface area contributed by atoms with Gasteiger partial charge in [-0.3, -0.25) is 0 Å². The van der Waals surface area contributed by atoms with Gasteiger partial charge >= 0.3 is 0 Å². The Morgan fingerprint density at radius 1 is 1.00 bits per heavy atom. The summed E-state index contributed by atoms with van der Waals surface area (Å²) in [6, 6.07) is 4.23. The Hall–Kier alpha value is -1.18. The first kappa shape index (κ1) is 11.3. The van der Waals surface area contributed by atoms with E-state index in [2.05, 4.69) is 19.1 Å². The minimum Gasteiger partial charge on any atom is -0.398 e. The molecule has 0 atom stereocenters. The third kappa shape index (κ3) is 2.16. The maximum atomic E-state index is 5.98. The second-order valence-electron chi connectivity index (χ2n) is 5.28. The summed E-state index contributed by atoms with van der Waals surface area (Å²) in [6.07, 6.45) is 5.23. The quantitative estimate of drug-likeness (QED) is 0.709. The van der Waals surface area contributed by atoms with Crippen LogP contribution in [0.3, 0.4) is 0 Å². The molecule has 0 aromatic heterocycles. The summed E-state index contributed by atoms with van der Waals surface area (Å²) >= 11 is 0. The van der Waals surface area contributed by atoms with Crippen molar-refractivity contribution in [3.05, 3.63) is 23.3 Å². The van der Waals surface area contributed by atoms with Crippen molar-refractivity contribution in [3.63, 3.8) is 0 Å². The molecule has 0 aliphatic heterocycles. The molecule has 0 radical (unpaired) electrons. The predicted octanol–water partition coefficient (Wildman–Crippen LogP) is 3.45. The molecule has 1 aliphatic rings. The number of hydrogen-bond donors (Lipinski definition) is 2. The van der Waals surface area contributed by atoms with Crippen LogP contribution in [-0.2, 0) is 0 Å². The second-order valence-corrected chi connectivity index (χ2v) is 5.28. The fraction of sp³-hybridized carbons (Fsp3) is 0.571. The minimum atomic E-state index is 0.668. The number of anilines is 2. The van der Waals surface area contributed by atoms with E-state index in [1.807, 2.05) is 6.92 Å². The van der Waals surface area contributed by atoms with Gasteiger partial charge in [-0.25, -0.2) is 0 Å². The summed E-state index contributed by atoms with van der Waals surface area (Å²) in [4.78, 5) is 0. The third-order valence-electron chi connectivity index (χ3n) is 4.00. The van der Waals surface area contributed by atoms with Crippen molar-refractivity contribution in [2.45, 2.75) is 45.4 Å². The van der Waals surface area contributed by atoms with Crippen LogP contribution in [0.15, 0.2) is 12.1 Å². The fourth-order valence-electron chi connectivity index (χ4n) is 2.61. The molecule has 2 heteroatoms. The highest BCUT2D eigenvalue weighted by Gasteiger charge is 2.20. The van der Waals surface area contributed by atoms with E-state index in [0.29, 0.717) is 5.92 Å². The highest BCUT2D eigenvalue weighted by molar-refractivity contribution is 5.63. The molecule has 2 nitrogen and oxygen atoms in total. The maximum absolute atomic E-state index is 5.98. The van der Waals surface area contributed by atoms with E-state index in [0.717, 1.165) is 22.9 Å². The maximum Gasteiger partial charge on any atom is 0.0367 e. The van der Waals surface area contributed by atoms with Gasteiger partial charge in [0, 0.05) is 11.4 Å². The molecule has 0 heterocycles. The minimum absolute atomic E-state index is 0.668. The zero-order valence-corrected chi connectivity index (χ0v) is 10.3. The molecule has 1 aromatic carbocycles. The van der Waals surface area contributed by atoms with E-state index in [4.69, 9.17) is 11.5 Å². The third-order valence-corrected chi connectivity index (χ3v) is 4.00. The van der Waals surface area contributed by atoms with E-state index < -0.39 is 0 Å². The van der Waals surface area contributed by atoms with Crippen LogP contribution in [0.5, 0.6) is 0 Å². The van der Waals surface area contributed by atoms with Crippen LogP contribution in [0, 0.1) is 12.8 Å². The molecule has 1 aromatic rings. The van der Waals surface area contributed by atoms with Gasteiger partial charge in [-0.2, -0.15) is 0 Å². The van der Waals surface area contributed by atoms with Gasteiger partial charge in [-0.15, -0.1) is 0 Å². The molecule has 0 unspecified atom stereocenters. The van der Waals surface area contributed by atoms with E-state index in [-0.39, 0.29) is 0 Å². The van der Waals surface area contributed by atoms with Crippen LogP contribution >= 0.6 is 0 Å². The first-order valence-corrected chi connectivity index (χ1v) is 6.23. The predicted molar refractivity (Wildman–Crippen MR) is 70.4 cm³/mol. The molecule has 1 fully saturated rings. The SMILES string of the molecule is Cc1c(N)cc(C2CCC(C)CC2)cc1N. The topological polar surface area (TPSA) is 52.0 Å². The molecule has 0 amide bonds. The number of rotatable bonds is 1. The fourth-order valence-corrected chi connectivity index (χ4v) is 2.61. The molecule has 0 bridgehead atoms. The van der Waals surface area contributed by atoms with Crippen molar-refractivity contribution in [2.24, 2.45) is 5.92 Å². The van der Waals surface area contributed by atoms with Gasteiger partial charge < -0.3 is 11.5 Å². The zero-order valence-electron chi connectivity index (χ0n) is 10.3. The Bertz CT molecular complexity index is 353. The van der Waals surface area contributed by atoms with Gasteiger partial charge in [0.25, 0.3) is 0 Å². The molecule has 4 N–H and O–H groups in total. The van der Waals surface area contributed by atoms with Gasteiger partial charge in [-0.05, 0) is 54.9 Å². The Kier molecular flexibility index (Phi) is 3.08. The smallest absolute Gasteiger partial charge is 0.0367 e. The highest BCUT2D eigenvalue weighted by Crippen LogP contribution is 2.37. The standard InChI is InChI=1S/C14H22N2/c1-9-3-5-11(6-4-9)12-7-13(15)10(2)14(16)8-12/h7-9,11H,3-6,15-16H2,1-2H3. The lowest BCUT2D eigenvalue weighted by atomic mass is 9.79. The molecule has 0 spiro atoms. The molecule has 88 valence electrons. The van der Waals surface area contributed by atoms with Crippen LogP contribution in [0.4, 0.5) is 11.4 Å².